The SMILES string of the molecule is O=C1CCC(C(=O)N2CC(Oc3ncccc3Cl)C2)N1. The van der Waals surface area contributed by atoms with E-state index in [1.807, 2.05) is 0 Å². The number of ether oxygens (including phenoxy) is 1. The Balaban J connectivity index is 1.50. The maximum Gasteiger partial charge on any atom is 0.245 e. The van der Waals surface area contributed by atoms with Gasteiger partial charge in [0, 0.05) is 12.6 Å². The van der Waals surface area contributed by atoms with Gasteiger partial charge in [-0.1, -0.05) is 11.6 Å². The number of rotatable bonds is 3. The number of nitrogens with one attached hydrogen (secondary N) is 1. The van der Waals surface area contributed by atoms with Gasteiger partial charge in [-0.2, -0.15) is 0 Å². The molecule has 1 aromatic heterocycles. The molecule has 1 atom stereocenters. The van der Waals surface area contributed by atoms with Gasteiger partial charge in [0.05, 0.1) is 13.1 Å². The van der Waals surface area contributed by atoms with Gasteiger partial charge in [0.15, 0.2) is 0 Å². The van der Waals surface area contributed by atoms with Gasteiger partial charge in [0.2, 0.25) is 17.7 Å². The molecule has 0 bridgehead atoms. The van der Waals surface area contributed by atoms with Gasteiger partial charge in [-0.3, -0.25) is 9.59 Å². The number of carbonyl (C=O) groups excluding carboxylic acids is 2. The molecular weight excluding hydrogens is 282 g/mol. The van der Waals surface area contributed by atoms with E-state index in [0.29, 0.717) is 36.8 Å². The lowest BCUT2D eigenvalue weighted by Crippen LogP contribution is -2.59. The third kappa shape index (κ3) is 2.56. The van der Waals surface area contributed by atoms with Crippen molar-refractivity contribution in [2.24, 2.45) is 0 Å². The maximum atomic E-state index is 12.1. The smallest absolute Gasteiger partial charge is 0.245 e. The molecule has 2 saturated heterocycles. The van der Waals surface area contributed by atoms with Gasteiger partial charge in [-0.15, -0.1) is 0 Å². The lowest BCUT2D eigenvalue weighted by Gasteiger charge is -2.39. The molecule has 2 aliphatic rings. The predicted molar refractivity (Wildman–Crippen MR) is 71.4 cm³/mol. The second-order valence-corrected chi connectivity index (χ2v) is 5.34. The molecule has 2 aliphatic heterocycles. The normalized spacial score (nSPS) is 22.4. The summed E-state index contributed by atoms with van der Waals surface area (Å²) < 4.78 is 5.62. The van der Waals surface area contributed by atoms with Gasteiger partial charge in [0.25, 0.3) is 0 Å². The molecule has 0 aromatic carbocycles. The summed E-state index contributed by atoms with van der Waals surface area (Å²) in [7, 11) is 0. The molecule has 7 heteroatoms. The first-order valence-electron chi connectivity index (χ1n) is 6.49. The summed E-state index contributed by atoms with van der Waals surface area (Å²) >= 11 is 5.95. The van der Waals surface area contributed by atoms with Crippen LogP contribution in [-0.4, -0.2) is 46.9 Å². The highest BCUT2D eigenvalue weighted by molar-refractivity contribution is 6.31. The van der Waals surface area contributed by atoms with E-state index in [1.54, 1.807) is 23.2 Å². The van der Waals surface area contributed by atoms with Crippen LogP contribution in [-0.2, 0) is 9.59 Å². The second kappa shape index (κ2) is 5.28. The second-order valence-electron chi connectivity index (χ2n) is 4.93. The number of carbonyl (C=O) groups is 2. The van der Waals surface area contributed by atoms with Crippen molar-refractivity contribution in [1.82, 2.24) is 15.2 Å². The first-order valence-corrected chi connectivity index (χ1v) is 6.86. The Bertz CT molecular complexity index is 545. The average molecular weight is 296 g/mol. The average Bonchev–Trinajstić information content (AvgIpc) is 2.81. The van der Waals surface area contributed by atoms with Crippen LogP contribution in [0.5, 0.6) is 5.88 Å². The van der Waals surface area contributed by atoms with Gasteiger partial charge >= 0.3 is 0 Å². The molecule has 0 radical (unpaired) electrons. The van der Waals surface area contributed by atoms with Crippen molar-refractivity contribution in [2.75, 3.05) is 13.1 Å². The molecule has 3 rings (SSSR count). The van der Waals surface area contributed by atoms with Crippen LogP contribution in [0.2, 0.25) is 5.02 Å². The third-order valence-electron chi connectivity index (χ3n) is 3.46. The molecule has 3 heterocycles. The molecule has 20 heavy (non-hydrogen) atoms. The van der Waals surface area contributed by atoms with E-state index in [0.717, 1.165) is 0 Å². The first-order chi connectivity index (χ1) is 9.63. The van der Waals surface area contributed by atoms with Crippen LogP contribution in [0.1, 0.15) is 12.8 Å². The summed E-state index contributed by atoms with van der Waals surface area (Å²) in [6.45, 7) is 0.996. The predicted octanol–water partition coefficient (Wildman–Crippen LogP) is 0.603. The summed E-state index contributed by atoms with van der Waals surface area (Å²) in [5.41, 5.74) is 0. The molecule has 2 fully saturated rings. The van der Waals surface area contributed by atoms with E-state index in [1.165, 1.54) is 0 Å². The Morgan fingerprint density at radius 2 is 2.30 bits per heavy atom. The number of amides is 2. The Hall–Kier alpha value is -1.82. The lowest BCUT2D eigenvalue weighted by molar-refractivity contribution is -0.142. The van der Waals surface area contributed by atoms with Crippen LogP contribution in [0.3, 0.4) is 0 Å². The Morgan fingerprint density at radius 3 is 2.95 bits per heavy atom. The minimum absolute atomic E-state index is 0.0391. The zero-order chi connectivity index (χ0) is 14.1. The Morgan fingerprint density at radius 1 is 1.50 bits per heavy atom. The van der Waals surface area contributed by atoms with Gasteiger partial charge in [-0.25, -0.2) is 4.98 Å². The number of likely N-dealkylation sites (tertiary alicyclic amines) is 1. The van der Waals surface area contributed by atoms with E-state index in [4.69, 9.17) is 16.3 Å². The maximum absolute atomic E-state index is 12.1. The van der Waals surface area contributed by atoms with Crippen molar-refractivity contribution in [3.05, 3.63) is 23.4 Å². The number of aromatic nitrogens is 1. The topological polar surface area (TPSA) is 71.5 Å². The summed E-state index contributed by atoms with van der Waals surface area (Å²) in [5.74, 6) is 0.292. The molecule has 0 aliphatic carbocycles. The highest BCUT2D eigenvalue weighted by atomic mass is 35.5. The number of nitrogens with zero attached hydrogens (tertiary/aromatic N) is 2. The Labute approximate surface area is 121 Å². The highest BCUT2D eigenvalue weighted by Crippen LogP contribution is 2.24. The largest absolute Gasteiger partial charge is 0.470 e. The third-order valence-corrected chi connectivity index (χ3v) is 3.74. The van der Waals surface area contributed by atoms with E-state index in [-0.39, 0.29) is 24.0 Å². The van der Waals surface area contributed by atoms with Gasteiger partial charge in [0.1, 0.15) is 17.2 Å². The first kappa shape index (κ1) is 13.2. The summed E-state index contributed by atoms with van der Waals surface area (Å²) in [6.07, 6.45) is 2.51. The van der Waals surface area contributed by atoms with E-state index >= 15 is 0 Å². The van der Waals surface area contributed by atoms with Crippen LogP contribution in [0.4, 0.5) is 0 Å². The van der Waals surface area contributed by atoms with Gasteiger partial charge in [-0.05, 0) is 18.6 Å². The number of pyridine rings is 1. The van der Waals surface area contributed by atoms with Crippen LogP contribution in [0.15, 0.2) is 18.3 Å². The van der Waals surface area contributed by atoms with Crippen molar-refractivity contribution < 1.29 is 14.3 Å². The number of hydrogen-bond donors (Lipinski definition) is 1. The van der Waals surface area contributed by atoms with Crippen molar-refractivity contribution in [1.29, 1.82) is 0 Å². The molecule has 6 nitrogen and oxygen atoms in total. The summed E-state index contributed by atoms with van der Waals surface area (Å²) in [4.78, 5) is 28.9. The number of hydrogen-bond acceptors (Lipinski definition) is 4. The fourth-order valence-corrected chi connectivity index (χ4v) is 2.49. The molecule has 1 unspecified atom stereocenters. The molecule has 2 amide bonds. The molecule has 1 N–H and O–H groups in total. The molecule has 0 spiro atoms. The minimum atomic E-state index is -0.373. The fourth-order valence-electron chi connectivity index (χ4n) is 2.33. The van der Waals surface area contributed by atoms with Crippen LogP contribution < -0.4 is 10.1 Å². The van der Waals surface area contributed by atoms with Gasteiger partial charge < -0.3 is 15.0 Å². The summed E-state index contributed by atoms with van der Waals surface area (Å²) in [6, 6.07) is 3.07. The summed E-state index contributed by atoms with van der Waals surface area (Å²) in [5, 5.41) is 3.13. The molecule has 106 valence electrons. The highest BCUT2D eigenvalue weighted by Gasteiger charge is 2.38. The zero-order valence-electron chi connectivity index (χ0n) is 10.7. The fraction of sp³-hybridized carbons (Fsp3) is 0.462. The monoisotopic (exact) mass is 295 g/mol. The van der Waals surface area contributed by atoms with E-state index < -0.39 is 0 Å². The van der Waals surface area contributed by atoms with E-state index in [9.17, 15) is 9.59 Å². The molecular formula is C13H14ClN3O3. The van der Waals surface area contributed by atoms with Crippen molar-refractivity contribution in [3.63, 3.8) is 0 Å². The lowest BCUT2D eigenvalue weighted by atomic mass is 10.1. The van der Waals surface area contributed by atoms with Crippen LogP contribution >= 0.6 is 11.6 Å². The van der Waals surface area contributed by atoms with Crippen molar-refractivity contribution in [3.8, 4) is 5.88 Å². The van der Waals surface area contributed by atoms with Crippen LogP contribution in [0, 0.1) is 0 Å². The standard InChI is InChI=1S/C13H14ClN3O3/c14-9-2-1-5-15-12(9)20-8-6-17(7-8)13(19)10-3-4-11(18)16-10/h1-2,5,8,10H,3-4,6-7H2,(H,16,18). The van der Waals surface area contributed by atoms with Crippen molar-refractivity contribution >= 4 is 23.4 Å². The minimum Gasteiger partial charge on any atom is -0.470 e. The molecule has 1 aromatic rings. The number of halogens is 1. The van der Waals surface area contributed by atoms with E-state index in [2.05, 4.69) is 10.3 Å². The van der Waals surface area contributed by atoms with Crippen molar-refractivity contribution in [2.45, 2.75) is 25.0 Å². The Kier molecular flexibility index (Phi) is 3.48. The quantitative estimate of drug-likeness (QED) is 0.886. The zero-order valence-corrected chi connectivity index (χ0v) is 11.5. The molecule has 0 saturated carbocycles. The van der Waals surface area contributed by atoms with Crippen LogP contribution in [0.25, 0.3) is 0 Å².